The van der Waals surface area contributed by atoms with E-state index in [0.717, 1.165) is 0 Å². The fraction of sp³-hybridized carbons (Fsp3) is 0.235. The average Bonchev–Trinajstić information content (AvgIpc) is 2.91. The van der Waals surface area contributed by atoms with E-state index in [1.165, 1.54) is 21.0 Å². The van der Waals surface area contributed by atoms with E-state index in [9.17, 15) is 14.9 Å². The normalized spacial score (nSPS) is 11.4. The molecule has 0 bridgehead atoms. The summed E-state index contributed by atoms with van der Waals surface area (Å²) in [5.74, 6) is -0.839. The molecule has 1 N–H and O–H groups in total. The predicted molar refractivity (Wildman–Crippen MR) is 97.4 cm³/mol. The van der Waals surface area contributed by atoms with Gasteiger partial charge in [0.25, 0.3) is 5.91 Å². The van der Waals surface area contributed by atoms with Crippen LogP contribution in [-0.4, -0.2) is 25.1 Å². The van der Waals surface area contributed by atoms with E-state index in [1.807, 2.05) is 6.07 Å². The molecule has 2 aromatic rings. The topological polar surface area (TPSA) is 102 Å². The average molecular weight is 442 g/mol. The van der Waals surface area contributed by atoms with Crippen molar-refractivity contribution < 1.29 is 23.5 Å². The fourth-order valence-electron chi connectivity index (χ4n) is 2.12. The third-order valence-electron chi connectivity index (χ3n) is 3.39. The molecule has 1 amide bonds. The molecule has 1 aromatic carbocycles. The van der Waals surface area contributed by atoms with Gasteiger partial charge in [-0.25, -0.2) is 4.79 Å². The second-order valence-corrected chi connectivity index (χ2v) is 6.46. The molecule has 1 atom stereocenters. The Hall–Kier alpha value is -2.50. The number of halogens is 2. The van der Waals surface area contributed by atoms with Crippen LogP contribution in [-0.2, 0) is 9.53 Å². The minimum atomic E-state index is -0.911. The Morgan fingerprint density at radius 1 is 1.42 bits per heavy atom. The van der Waals surface area contributed by atoms with Gasteiger partial charge in [-0.3, -0.25) is 10.1 Å². The van der Waals surface area contributed by atoms with Crippen LogP contribution in [0.25, 0.3) is 0 Å². The van der Waals surface area contributed by atoms with E-state index in [1.54, 1.807) is 18.2 Å². The Labute approximate surface area is 163 Å². The van der Waals surface area contributed by atoms with E-state index in [4.69, 9.17) is 20.8 Å². The summed E-state index contributed by atoms with van der Waals surface area (Å²) in [5, 5.41) is 12.3. The molecule has 0 spiro atoms. The number of carbonyl (C=O) groups is 2. The Bertz CT molecular complexity index is 903. The van der Waals surface area contributed by atoms with Gasteiger partial charge in [-0.15, -0.1) is 0 Å². The third kappa shape index (κ3) is 4.18. The third-order valence-corrected chi connectivity index (χ3v) is 4.24. The largest absolute Gasteiger partial charge is 0.480 e. The van der Waals surface area contributed by atoms with Crippen LogP contribution < -0.4 is 10.1 Å². The molecule has 1 unspecified atom stereocenters. The van der Waals surface area contributed by atoms with Crippen LogP contribution in [0, 0.1) is 18.3 Å². The number of nitriles is 1. The zero-order chi connectivity index (χ0) is 19.4. The second kappa shape index (κ2) is 8.25. The van der Waals surface area contributed by atoms with E-state index in [0.29, 0.717) is 15.2 Å². The molecular weight excluding hydrogens is 428 g/mol. The van der Waals surface area contributed by atoms with Gasteiger partial charge in [0, 0.05) is 5.02 Å². The van der Waals surface area contributed by atoms with Gasteiger partial charge in [-0.05, 0) is 48.0 Å². The van der Waals surface area contributed by atoms with Crippen molar-refractivity contribution in [3.8, 4) is 11.8 Å². The number of methoxy groups -OCH3 is 1. The molecule has 0 fully saturated rings. The molecular formula is C17H14BrClN2O5. The van der Waals surface area contributed by atoms with Gasteiger partial charge in [0.1, 0.15) is 28.7 Å². The predicted octanol–water partition coefficient (Wildman–Crippen LogP) is 4.07. The van der Waals surface area contributed by atoms with Crippen molar-refractivity contribution >= 4 is 45.3 Å². The van der Waals surface area contributed by atoms with Crippen LogP contribution in [0.15, 0.2) is 27.1 Å². The SMILES string of the molecule is COC(=O)c1c(C)oc(NC(=O)C(C)Oc2ccc(Cl)cc2Br)c1C#N. The maximum absolute atomic E-state index is 12.4. The first kappa shape index (κ1) is 19.8. The van der Waals surface area contributed by atoms with Crippen molar-refractivity contribution in [1.82, 2.24) is 0 Å². The lowest BCUT2D eigenvalue weighted by molar-refractivity contribution is -0.122. The second-order valence-electron chi connectivity index (χ2n) is 5.16. The van der Waals surface area contributed by atoms with Gasteiger partial charge >= 0.3 is 5.97 Å². The highest BCUT2D eigenvalue weighted by molar-refractivity contribution is 9.10. The van der Waals surface area contributed by atoms with Crippen LogP contribution in [0.3, 0.4) is 0 Å². The molecule has 0 saturated carbocycles. The van der Waals surface area contributed by atoms with Crippen LogP contribution in [0.5, 0.6) is 5.75 Å². The zero-order valence-electron chi connectivity index (χ0n) is 14.1. The van der Waals surface area contributed by atoms with Crippen LogP contribution in [0.2, 0.25) is 5.02 Å². The molecule has 1 heterocycles. The molecule has 26 heavy (non-hydrogen) atoms. The van der Waals surface area contributed by atoms with Gasteiger partial charge in [0.2, 0.25) is 5.88 Å². The van der Waals surface area contributed by atoms with Gasteiger partial charge in [-0.1, -0.05) is 11.6 Å². The summed E-state index contributed by atoms with van der Waals surface area (Å²) in [5.41, 5.74) is -0.137. The lowest BCUT2D eigenvalue weighted by Crippen LogP contribution is -2.30. The number of ether oxygens (including phenoxy) is 2. The number of esters is 1. The number of anilines is 1. The summed E-state index contributed by atoms with van der Waals surface area (Å²) >= 11 is 9.16. The Kier molecular flexibility index (Phi) is 6.29. The lowest BCUT2D eigenvalue weighted by Gasteiger charge is -2.15. The van der Waals surface area contributed by atoms with E-state index in [2.05, 4.69) is 26.0 Å². The van der Waals surface area contributed by atoms with Gasteiger partial charge < -0.3 is 13.9 Å². The highest BCUT2D eigenvalue weighted by Gasteiger charge is 2.27. The molecule has 0 aliphatic rings. The Balaban J connectivity index is 2.19. The summed E-state index contributed by atoms with van der Waals surface area (Å²) in [6.07, 6.45) is -0.911. The van der Waals surface area contributed by atoms with Gasteiger partial charge in [0.15, 0.2) is 6.10 Å². The number of furan rings is 1. The summed E-state index contributed by atoms with van der Waals surface area (Å²) in [6.45, 7) is 3.02. The number of carbonyl (C=O) groups excluding carboxylic acids is 2. The van der Waals surface area contributed by atoms with Crippen molar-refractivity contribution in [2.24, 2.45) is 0 Å². The van der Waals surface area contributed by atoms with E-state index < -0.39 is 18.0 Å². The summed E-state index contributed by atoms with van der Waals surface area (Å²) in [6, 6.07) is 6.71. The van der Waals surface area contributed by atoms with Crippen LogP contribution in [0.1, 0.15) is 28.6 Å². The van der Waals surface area contributed by atoms with Crippen LogP contribution >= 0.6 is 27.5 Å². The molecule has 1 aromatic heterocycles. The first-order chi connectivity index (χ1) is 12.3. The van der Waals surface area contributed by atoms with Gasteiger partial charge in [-0.2, -0.15) is 5.26 Å². The molecule has 7 nitrogen and oxygen atoms in total. The Morgan fingerprint density at radius 3 is 2.69 bits per heavy atom. The molecule has 0 saturated heterocycles. The van der Waals surface area contributed by atoms with Crippen molar-refractivity contribution in [3.63, 3.8) is 0 Å². The van der Waals surface area contributed by atoms with Crippen molar-refractivity contribution in [2.75, 3.05) is 12.4 Å². The zero-order valence-corrected chi connectivity index (χ0v) is 16.4. The quantitative estimate of drug-likeness (QED) is 0.702. The number of hydrogen-bond donors (Lipinski definition) is 1. The fourth-order valence-corrected chi connectivity index (χ4v) is 2.89. The smallest absolute Gasteiger partial charge is 0.342 e. The molecule has 9 heteroatoms. The highest BCUT2D eigenvalue weighted by Crippen LogP contribution is 2.30. The number of amides is 1. The van der Waals surface area contributed by atoms with Crippen molar-refractivity contribution in [1.29, 1.82) is 5.26 Å². The Morgan fingerprint density at radius 2 is 2.12 bits per heavy atom. The molecule has 0 aliphatic heterocycles. The van der Waals surface area contributed by atoms with Crippen LogP contribution in [0.4, 0.5) is 5.88 Å². The molecule has 136 valence electrons. The number of benzene rings is 1. The standard InChI is InChI=1S/C17H14BrClN2O5/c1-8-14(17(23)24-3)11(7-20)16(26-8)21-15(22)9(2)25-13-5-4-10(19)6-12(13)18/h4-6,9H,1-3H3,(H,21,22). The first-order valence-electron chi connectivity index (χ1n) is 7.32. The number of aryl methyl sites for hydroxylation is 1. The van der Waals surface area contributed by atoms with Crippen molar-refractivity contribution in [3.05, 3.63) is 44.6 Å². The minimum Gasteiger partial charge on any atom is -0.480 e. The number of rotatable bonds is 5. The number of nitrogens with one attached hydrogen (secondary N) is 1. The summed E-state index contributed by atoms with van der Waals surface area (Å²) in [7, 11) is 1.19. The molecule has 0 aliphatic carbocycles. The number of hydrogen-bond acceptors (Lipinski definition) is 6. The summed E-state index contributed by atoms with van der Waals surface area (Å²) < 4.78 is 16.1. The van der Waals surface area contributed by atoms with E-state index >= 15 is 0 Å². The lowest BCUT2D eigenvalue weighted by atomic mass is 10.1. The van der Waals surface area contributed by atoms with Crippen molar-refractivity contribution in [2.45, 2.75) is 20.0 Å². The molecule has 2 rings (SSSR count). The maximum atomic E-state index is 12.4. The maximum Gasteiger partial charge on any atom is 0.342 e. The first-order valence-corrected chi connectivity index (χ1v) is 8.50. The monoisotopic (exact) mass is 440 g/mol. The highest BCUT2D eigenvalue weighted by atomic mass is 79.9. The minimum absolute atomic E-state index is 0.0284. The van der Waals surface area contributed by atoms with E-state index in [-0.39, 0.29) is 22.8 Å². The molecule has 0 radical (unpaired) electrons. The number of nitrogens with zero attached hydrogens (tertiary/aromatic N) is 1. The summed E-state index contributed by atoms with van der Waals surface area (Å²) in [4.78, 5) is 24.1. The van der Waals surface area contributed by atoms with Gasteiger partial charge in [0.05, 0.1) is 11.6 Å².